The minimum atomic E-state index is 0.777. The Hall–Kier alpha value is -2.20. The summed E-state index contributed by atoms with van der Waals surface area (Å²) in [6.07, 6.45) is 4.08. The maximum Gasteiger partial charge on any atom is 0.0461 e. The van der Waals surface area contributed by atoms with Crippen molar-refractivity contribution in [1.29, 1.82) is 0 Å². The van der Waals surface area contributed by atoms with E-state index in [1.165, 1.54) is 10.9 Å². The van der Waals surface area contributed by atoms with Gasteiger partial charge in [-0.3, -0.25) is 0 Å². The van der Waals surface area contributed by atoms with Crippen molar-refractivity contribution in [2.24, 2.45) is 0 Å². The van der Waals surface area contributed by atoms with E-state index in [0.29, 0.717) is 0 Å². The van der Waals surface area contributed by atoms with Gasteiger partial charge in [-0.1, -0.05) is 15.9 Å². The highest BCUT2D eigenvalue weighted by Gasteiger charge is 2.11. The maximum absolute atomic E-state index is 5.91. The minimum absolute atomic E-state index is 0.777. The molecule has 2 aromatic heterocycles. The molecule has 0 bridgehead atoms. The van der Waals surface area contributed by atoms with E-state index in [4.69, 9.17) is 5.73 Å². The number of hydrogen-bond donors (Lipinski definition) is 3. The highest BCUT2D eigenvalue weighted by Crippen LogP contribution is 2.35. The molecule has 0 amide bonds. The zero-order chi connectivity index (χ0) is 13.7. The molecule has 0 aliphatic rings. The first kappa shape index (κ1) is 11.6. The number of rotatable bonds is 1. The van der Waals surface area contributed by atoms with E-state index in [2.05, 4.69) is 38.0 Å². The van der Waals surface area contributed by atoms with Crippen LogP contribution in [0.25, 0.3) is 32.9 Å². The Bertz CT molecular complexity index is 855. The van der Waals surface area contributed by atoms with E-state index in [0.717, 1.165) is 32.1 Å². The Morgan fingerprint density at radius 2 is 1.40 bits per heavy atom. The minimum Gasteiger partial charge on any atom is -0.399 e. The fraction of sp³-hybridized carbons (Fsp3) is 0. The third-order valence-electron chi connectivity index (χ3n) is 3.64. The molecule has 4 N–H and O–H groups in total. The van der Waals surface area contributed by atoms with E-state index in [-0.39, 0.29) is 0 Å². The van der Waals surface area contributed by atoms with Crippen LogP contribution in [0, 0.1) is 0 Å². The van der Waals surface area contributed by atoms with Gasteiger partial charge in [0.05, 0.1) is 0 Å². The number of nitrogen functional groups attached to an aromatic ring is 1. The van der Waals surface area contributed by atoms with Crippen LogP contribution in [-0.2, 0) is 0 Å². The molecular weight excluding hydrogens is 314 g/mol. The first-order valence-corrected chi connectivity index (χ1v) is 7.15. The highest BCUT2D eigenvalue weighted by atomic mass is 79.9. The number of hydrogen-bond acceptors (Lipinski definition) is 1. The van der Waals surface area contributed by atoms with E-state index in [1.807, 2.05) is 36.7 Å². The van der Waals surface area contributed by atoms with Crippen LogP contribution in [0.4, 0.5) is 5.69 Å². The maximum atomic E-state index is 5.91. The molecule has 0 unspecified atom stereocenters. The lowest BCUT2D eigenvalue weighted by Gasteiger charge is -2.00. The smallest absolute Gasteiger partial charge is 0.0461 e. The summed E-state index contributed by atoms with van der Waals surface area (Å²) >= 11 is 3.53. The Kier molecular flexibility index (Phi) is 2.41. The van der Waals surface area contributed by atoms with Crippen molar-refractivity contribution in [3.8, 4) is 11.1 Å². The molecule has 4 aromatic rings. The third kappa shape index (κ3) is 1.65. The molecule has 0 saturated carbocycles. The Morgan fingerprint density at radius 1 is 0.800 bits per heavy atom. The van der Waals surface area contributed by atoms with Crippen LogP contribution in [0.15, 0.2) is 53.3 Å². The summed E-state index contributed by atoms with van der Waals surface area (Å²) < 4.78 is 1.07. The van der Waals surface area contributed by atoms with E-state index >= 15 is 0 Å². The summed E-state index contributed by atoms with van der Waals surface area (Å²) in [4.78, 5) is 6.62. The van der Waals surface area contributed by atoms with Crippen LogP contribution >= 0.6 is 15.9 Å². The van der Waals surface area contributed by atoms with Gasteiger partial charge in [-0.2, -0.15) is 0 Å². The van der Waals surface area contributed by atoms with Gasteiger partial charge in [0.2, 0.25) is 0 Å². The van der Waals surface area contributed by atoms with Crippen LogP contribution in [-0.4, -0.2) is 9.97 Å². The van der Waals surface area contributed by atoms with Crippen molar-refractivity contribution in [1.82, 2.24) is 9.97 Å². The van der Waals surface area contributed by atoms with Crippen molar-refractivity contribution in [3.05, 3.63) is 53.3 Å². The third-order valence-corrected chi connectivity index (χ3v) is 4.13. The van der Waals surface area contributed by atoms with Crippen molar-refractivity contribution >= 4 is 43.4 Å². The summed E-state index contributed by atoms with van der Waals surface area (Å²) in [7, 11) is 0. The van der Waals surface area contributed by atoms with Gasteiger partial charge in [0, 0.05) is 55.5 Å². The quantitative estimate of drug-likeness (QED) is 0.438. The molecule has 4 heteroatoms. The zero-order valence-corrected chi connectivity index (χ0v) is 12.2. The summed E-state index contributed by atoms with van der Waals surface area (Å²) in [6.45, 7) is 0. The topological polar surface area (TPSA) is 57.6 Å². The Labute approximate surface area is 123 Å². The van der Waals surface area contributed by atoms with Crippen LogP contribution in [0.1, 0.15) is 0 Å². The lowest BCUT2D eigenvalue weighted by Crippen LogP contribution is -1.83. The van der Waals surface area contributed by atoms with Gasteiger partial charge in [0.25, 0.3) is 0 Å². The van der Waals surface area contributed by atoms with Crippen LogP contribution < -0.4 is 5.73 Å². The number of halogens is 1. The lowest BCUT2D eigenvalue weighted by atomic mass is 10.0. The fourth-order valence-electron chi connectivity index (χ4n) is 2.68. The molecule has 0 radical (unpaired) electrons. The summed E-state index contributed by atoms with van der Waals surface area (Å²) in [6, 6.07) is 12.2. The largest absolute Gasteiger partial charge is 0.399 e. The standard InChI is InChI=1S/C16H12BrN3/c17-9-1-3-15-11(5-9)13(7-19-15)14-8-20-16-4-2-10(18)6-12(14)16/h1-8,19-20H,18H2. The number of nitrogens with one attached hydrogen (secondary N) is 2. The second kappa shape index (κ2) is 4.15. The van der Waals surface area contributed by atoms with Gasteiger partial charge in [0.1, 0.15) is 0 Å². The molecule has 2 heterocycles. The number of nitrogens with two attached hydrogens (primary N) is 1. The van der Waals surface area contributed by atoms with Crippen LogP contribution in [0.2, 0.25) is 0 Å². The molecule has 0 aliphatic heterocycles. The second-order valence-corrected chi connectivity index (χ2v) is 5.82. The van der Waals surface area contributed by atoms with Gasteiger partial charge < -0.3 is 15.7 Å². The molecule has 2 aromatic carbocycles. The van der Waals surface area contributed by atoms with Gasteiger partial charge in [-0.05, 0) is 36.4 Å². The van der Waals surface area contributed by atoms with Gasteiger partial charge in [0.15, 0.2) is 0 Å². The number of fused-ring (bicyclic) bond motifs is 2. The van der Waals surface area contributed by atoms with E-state index in [9.17, 15) is 0 Å². The van der Waals surface area contributed by atoms with Crippen molar-refractivity contribution < 1.29 is 0 Å². The van der Waals surface area contributed by atoms with E-state index < -0.39 is 0 Å². The number of aromatic amines is 2. The fourth-order valence-corrected chi connectivity index (χ4v) is 3.04. The number of benzene rings is 2. The zero-order valence-electron chi connectivity index (χ0n) is 10.6. The van der Waals surface area contributed by atoms with Gasteiger partial charge in [-0.25, -0.2) is 0 Å². The molecule has 0 saturated heterocycles. The van der Waals surface area contributed by atoms with Crippen molar-refractivity contribution in [2.75, 3.05) is 5.73 Å². The predicted octanol–water partition coefficient (Wildman–Crippen LogP) is 4.66. The Morgan fingerprint density at radius 3 is 2.10 bits per heavy atom. The molecule has 3 nitrogen and oxygen atoms in total. The molecule has 4 rings (SSSR count). The SMILES string of the molecule is Nc1ccc2[nH]cc(-c3c[nH]c4ccc(Br)cc34)c2c1. The average Bonchev–Trinajstić information content (AvgIpc) is 3.01. The Balaban J connectivity index is 2.06. The molecule has 0 spiro atoms. The molecule has 0 atom stereocenters. The summed E-state index contributed by atoms with van der Waals surface area (Å²) in [5.74, 6) is 0. The summed E-state index contributed by atoms with van der Waals surface area (Å²) in [5, 5.41) is 2.34. The first-order chi connectivity index (χ1) is 9.72. The lowest BCUT2D eigenvalue weighted by molar-refractivity contribution is 1.46. The van der Waals surface area contributed by atoms with Crippen LogP contribution in [0.5, 0.6) is 0 Å². The molecule has 98 valence electrons. The number of H-pyrrole nitrogens is 2. The molecular formula is C16H12BrN3. The van der Waals surface area contributed by atoms with Crippen molar-refractivity contribution in [3.63, 3.8) is 0 Å². The molecule has 20 heavy (non-hydrogen) atoms. The first-order valence-electron chi connectivity index (χ1n) is 6.36. The monoisotopic (exact) mass is 325 g/mol. The average molecular weight is 326 g/mol. The van der Waals surface area contributed by atoms with Gasteiger partial charge >= 0.3 is 0 Å². The molecule has 0 fully saturated rings. The normalized spacial score (nSPS) is 11.4. The second-order valence-electron chi connectivity index (χ2n) is 4.90. The van der Waals surface area contributed by atoms with E-state index in [1.54, 1.807) is 0 Å². The van der Waals surface area contributed by atoms with Gasteiger partial charge in [-0.15, -0.1) is 0 Å². The van der Waals surface area contributed by atoms with Crippen molar-refractivity contribution in [2.45, 2.75) is 0 Å². The number of anilines is 1. The summed E-state index contributed by atoms with van der Waals surface area (Å²) in [5.41, 5.74) is 11.3. The predicted molar refractivity (Wildman–Crippen MR) is 87.7 cm³/mol. The highest BCUT2D eigenvalue weighted by molar-refractivity contribution is 9.10. The van der Waals surface area contributed by atoms with Crippen LogP contribution in [0.3, 0.4) is 0 Å². The molecule has 0 aliphatic carbocycles. The number of aromatic nitrogens is 2.